The van der Waals surface area contributed by atoms with Gasteiger partial charge in [0.05, 0.1) is 0 Å². The van der Waals surface area contributed by atoms with Crippen molar-refractivity contribution in [2.45, 2.75) is 46.6 Å². The second kappa shape index (κ2) is 6.62. The van der Waals surface area contributed by atoms with Crippen LogP contribution in [0.3, 0.4) is 0 Å². The second-order valence-corrected chi connectivity index (χ2v) is 5.01. The van der Waals surface area contributed by atoms with Gasteiger partial charge in [0.1, 0.15) is 6.10 Å². The SMILES string of the molecule is C=C(C)[C@@H]1CC=C(C)[C@@H](OC(=O)N(CC)CC)C1. The fourth-order valence-electron chi connectivity index (χ4n) is 2.22. The van der Waals surface area contributed by atoms with Crippen LogP contribution in [0.2, 0.25) is 0 Å². The van der Waals surface area contributed by atoms with Crippen molar-refractivity contribution < 1.29 is 9.53 Å². The monoisotopic (exact) mass is 251 g/mol. The average Bonchev–Trinajstić information content (AvgIpc) is 2.33. The predicted octanol–water partition coefficient (Wildman–Crippen LogP) is 3.77. The molecule has 0 heterocycles. The fourth-order valence-corrected chi connectivity index (χ4v) is 2.22. The highest BCUT2D eigenvalue weighted by atomic mass is 16.6. The number of allylic oxidation sites excluding steroid dienone is 2. The van der Waals surface area contributed by atoms with Gasteiger partial charge < -0.3 is 9.64 Å². The van der Waals surface area contributed by atoms with Crippen LogP contribution >= 0.6 is 0 Å². The first-order chi connectivity index (χ1) is 8.49. The number of carbonyl (C=O) groups is 1. The van der Waals surface area contributed by atoms with Crippen molar-refractivity contribution in [3.63, 3.8) is 0 Å². The smallest absolute Gasteiger partial charge is 0.410 e. The third-order valence-electron chi connectivity index (χ3n) is 3.69. The van der Waals surface area contributed by atoms with E-state index in [0.29, 0.717) is 19.0 Å². The second-order valence-electron chi connectivity index (χ2n) is 5.01. The maximum absolute atomic E-state index is 11.9. The number of carbonyl (C=O) groups excluding carboxylic acids is 1. The number of hydrogen-bond donors (Lipinski definition) is 0. The van der Waals surface area contributed by atoms with Gasteiger partial charge in [-0.3, -0.25) is 0 Å². The van der Waals surface area contributed by atoms with Gasteiger partial charge in [-0.15, -0.1) is 0 Å². The molecule has 1 aliphatic rings. The van der Waals surface area contributed by atoms with Crippen molar-refractivity contribution >= 4 is 6.09 Å². The summed E-state index contributed by atoms with van der Waals surface area (Å²) >= 11 is 0. The number of hydrogen-bond acceptors (Lipinski definition) is 2. The Kier molecular flexibility index (Phi) is 5.45. The lowest BCUT2D eigenvalue weighted by Crippen LogP contribution is -2.36. The molecule has 0 aromatic rings. The molecule has 0 radical (unpaired) electrons. The molecule has 1 aliphatic carbocycles. The summed E-state index contributed by atoms with van der Waals surface area (Å²) in [4.78, 5) is 13.7. The molecular weight excluding hydrogens is 226 g/mol. The molecule has 0 spiro atoms. The molecule has 0 aromatic heterocycles. The molecule has 0 saturated carbocycles. The summed E-state index contributed by atoms with van der Waals surface area (Å²) in [6.07, 6.45) is 3.75. The van der Waals surface area contributed by atoms with Crippen LogP contribution in [0.5, 0.6) is 0 Å². The molecule has 0 fully saturated rings. The van der Waals surface area contributed by atoms with Crippen LogP contribution in [0.15, 0.2) is 23.8 Å². The standard InChI is InChI=1S/C15H25NO2/c1-6-16(7-2)15(17)18-14-10-13(11(3)4)9-8-12(14)5/h8,13-14H,3,6-7,9-10H2,1-2,4-5H3/t13-,14+/m1/s1. The third-order valence-corrected chi connectivity index (χ3v) is 3.69. The van der Waals surface area contributed by atoms with Crippen LogP contribution in [0.25, 0.3) is 0 Å². The summed E-state index contributed by atoms with van der Waals surface area (Å²) in [5, 5.41) is 0. The Morgan fingerprint density at radius 3 is 2.61 bits per heavy atom. The van der Waals surface area contributed by atoms with Gasteiger partial charge in [-0.25, -0.2) is 4.79 Å². The van der Waals surface area contributed by atoms with E-state index < -0.39 is 0 Å². The summed E-state index contributed by atoms with van der Waals surface area (Å²) in [6.45, 7) is 13.4. The van der Waals surface area contributed by atoms with Crippen LogP contribution in [-0.2, 0) is 4.74 Å². The molecule has 18 heavy (non-hydrogen) atoms. The lowest BCUT2D eigenvalue weighted by atomic mass is 9.84. The summed E-state index contributed by atoms with van der Waals surface area (Å²) in [7, 11) is 0. The average molecular weight is 251 g/mol. The van der Waals surface area contributed by atoms with Crippen LogP contribution in [0.4, 0.5) is 4.79 Å². The van der Waals surface area contributed by atoms with E-state index in [2.05, 4.69) is 12.7 Å². The Labute approximate surface area is 110 Å². The van der Waals surface area contributed by atoms with Gasteiger partial charge in [0, 0.05) is 13.1 Å². The van der Waals surface area contributed by atoms with Crippen molar-refractivity contribution in [3.05, 3.63) is 23.8 Å². The summed E-state index contributed by atoms with van der Waals surface area (Å²) in [5.41, 5.74) is 2.33. The molecule has 0 saturated heterocycles. The fraction of sp³-hybridized carbons (Fsp3) is 0.667. The van der Waals surface area contributed by atoms with Crippen molar-refractivity contribution in [1.82, 2.24) is 4.90 Å². The minimum absolute atomic E-state index is 0.0893. The quantitative estimate of drug-likeness (QED) is 0.712. The Morgan fingerprint density at radius 1 is 1.50 bits per heavy atom. The van der Waals surface area contributed by atoms with Crippen LogP contribution in [0.1, 0.15) is 40.5 Å². The molecule has 3 heteroatoms. The number of amides is 1. The highest BCUT2D eigenvalue weighted by Crippen LogP contribution is 2.30. The Morgan fingerprint density at radius 2 is 2.11 bits per heavy atom. The van der Waals surface area contributed by atoms with E-state index in [-0.39, 0.29) is 12.2 Å². The van der Waals surface area contributed by atoms with Crippen molar-refractivity contribution in [1.29, 1.82) is 0 Å². The van der Waals surface area contributed by atoms with E-state index >= 15 is 0 Å². The van der Waals surface area contributed by atoms with Crippen molar-refractivity contribution in [3.8, 4) is 0 Å². The summed E-state index contributed by atoms with van der Waals surface area (Å²) < 4.78 is 5.61. The first-order valence-corrected chi connectivity index (χ1v) is 6.77. The lowest BCUT2D eigenvalue weighted by molar-refractivity contribution is 0.0682. The summed E-state index contributed by atoms with van der Waals surface area (Å²) in [6, 6.07) is 0. The Bertz CT molecular complexity index is 342. The van der Waals surface area contributed by atoms with Gasteiger partial charge in [-0.05, 0) is 52.0 Å². The topological polar surface area (TPSA) is 29.5 Å². The zero-order chi connectivity index (χ0) is 13.7. The van der Waals surface area contributed by atoms with E-state index in [1.165, 1.54) is 5.57 Å². The number of rotatable bonds is 4. The normalized spacial score (nSPS) is 23.2. The largest absolute Gasteiger partial charge is 0.442 e. The highest BCUT2D eigenvalue weighted by molar-refractivity contribution is 5.68. The van der Waals surface area contributed by atoms with Gasteiger partial charge in [-0.2, -0.15) is 0 Å². The molecule has 0 aromatic carbocycles. The predicted molar refractivity (Wildman–Crippen MR) is 74.5 cm³/mol. The third kappa shape index (κ3) is 3.62. The molecule has 0 aliphatic heterocycles. The zero-order valence-corrected chi connectivity index (χ0v) is 12.0. The Balaban J connectivity index is 2.65. The molecule has 0 unspecified atom stereocenters. The number of ether oxygens (including phenoxy) is 1. The minimum Gasteiger partial charge on any atom is -0.442 e. The molecular formula is C15H25NO2. The molecule has 102 valence electrons. The van der Waals surface area contributed by atoms with Crippen LogP contribution < -0.4 is 0 Å². The van der Waals surface area contributed by atoms with Gasteiger partial charge in [0.2, 0.25) is 0 Å². The number of nitrogens with zero attached hydrogens (tertiary/aromatic N) is 1. The van der Waals surface area contributed by atoms with Crippen molar-refractivity contribution in [2.24, 2.45) is 5.92 Å². The van der Waals surface area contributed by atoms with Gasteiger partial charge >= 0.3 is 6.09 Å². The van der Waals surface area contributed by atoms with Crippen molar-refractivity contribution in [2.75, 3.05) is 13.1 Å². The van der Waals surface area contributed by atoms with E-state index in [1.807, 2.05) is 27.7 Å². The molecule has 0 N–H and O–H groups in total. The lowest BCUT2D eigenvalue weighted by Gasteiger charge is -2.30. The minimum atomic E-state index is -0.208. The first kappa shape index (κ1) is 14.8. The maximum atomic E-state index is 11.9. The van der Waals surface area contributed by atoms with E-state index in [0.717, 1.165) is 18.4 Å². The van der Waals surface area contributed by atoms with E-state index in [9.17, 15) is 4.79 Å². The Hall–Kier alpha value is -1.25. The van der Waals surface area contributed by atoms with Gasteiger partial charge in [0.25, 0.3) is 0 Å². The molecule has 3 nitrogen and oxygen atoms in total. The van der Waals surface area contributed by atoms with E-state index in [4.69, 9.17) is 4.74 Å². The van der Waals surface area contributed by atoms with Gasteiger partial charge in [0.15, 0.2) is 0 Å². The summed E-state index contributed by atoms with van der Waals surface area (Å²) in [5.74, 6) is 0.434. The first-order valence-electron chi connectivity index (χ1n) is 6.77. The van der Waals surface area contributed by atoms with E-state index in [1.54, 1.807) is 4.90 Å². The maximum Gasteiger partial charge on any atom is 0.410 e. The zero-order valence-electron chi connectivity index (χ0n) is 12.0. The molecule has 0 bridgehead atoms. The highest BCUT2D eigenvalue weighted by Gasteiger charge is 2.26. The molecule has 1 amide bonds. The van der Waals surface area contributed by atoms with Crippen LogP contribution in [-0.4, -0.2) is 30.2 Å². The van der Waals surface area contributed by atoms with Gasteiger partial charge in [-0.1, -0.05) is 18.2 Å². The molecule has 2 atom stereocenters. The van der Waals surface area contributed by atoms with Crippen LogP contribution in [0, 0.1) is 5.92 Å². The molecule has 1 rings (SSSR count).